The van der Waals surface area contributed by atoms with Crippen LogP contribution in [0.4, 0.5) is 0 Å². The number of carbonyl (C=O) groups is 2. The molecule has 0 aromatic heterocycles. The topological polar surface area (TPSA) is 40.6 Å². The highest BCUT2D eigenvalue weighted by Gasteiger charge is 2.39. The summed E-state index contributed by atoms with van der Waals surface area (Å²) in [7, 11) is 0. The molecule has 4 nitrogen and oxygen atoms in total. The third kappa shape index (κ3) is 3.65. The molecule has 0 spiro atoms. The summed E-state index contributed by atoms with van der Waals surface area (Å²) in [5.74, 6) is 1.72. The van der Waals surface area contributed by atoms with E-state index in [-0.39, 0.29) is 17.7 Å². The Kier molecular flexibility index (Phi) is 5.01. The van der Waals surface area contributed by atoms with Crippen LogP contribution in [0.25, 0.3) is 0 Å². The maximum atomic E-state index is 13.0. The normalized spacial score (nSPS) is 29.0. The molecule has 26 heavy (non-hydrogen) atoms. The molecule has 1 aromatic rings. The molecule has 3 unspecified atom stereocenters. The van der Waals surface area contributed by atoms with E-state index in [2.05, 4.69) is 36.1 Å². The molecule has 2 amide bonds. The van der Waals surface area contributed by atoms with E-state index in [9.17, 15) is 9.59 Å². The number of carbonyl (C=O) groups excluding carboxylic acids is 2. The second kappa shape index (κ2) is 7.42. The van der Waals surface area contributed by atoms with Gasteiger partial charge in [-0.25, -0.2) is 0 Å². The van der Waals surface area contributed by atoms with Gasteiger partial charge in [0.1, 0.15) is 0 Å². The predicted molar refractivity (Wildman–Crippen MR) is 101 cm³/mol. The third-order valence-corrected chi connectivity index (χ3v) is 6.66. The number of fused-ring (bicyclic) bond motifs is 1. The Bertz CT molecular complexity index is 669. The summed E-state index contributed by atoms with van der Waals surface area (Å²) in [6.07, 6.45) is 6.84. The van der Waals surface area contributed by atoms with E-state index in [1.807, 2.05) is 4.90 Å². The summed E-state index contributed by atoms with van der Waals surface area (Å²) in [4.78, 5) is 29.4. The zero-order chi connectivity index (χ0) is 18.1. The van der Waals surface area contributed by atoms with Crippen LogP contribution in [0.1, 0.15) is 49.7 Å². The molecule has 2 saturated heterocycles. The van der Waals surface area contributed by atoms with Crippen LogP contribution in [0.2, 0.25) is 0 Å². The molecular weight excluding hydrogens is 324 g/mol. The molecule has 1 aromatic carbocycles. The quantitative estimate of drug-likeness (QED) is 0.835. The van der Waals surface area contributed by atoms with Crippen LogP contribution in [-0.2, 0) is 16.1 Å². The summed E-state index contributed by atoms with van der Waals surface area (Å²) >= 11 is 0. The van der Waals surface area contributed by atoms with Gasteiger partial charge >= 0.3 is 0 Å². The molecule has 1 aliphatic carbocycles. The smallest absolute Gasteiger partial charge is 0.228 e. The molecule has 3 aliphatic rings. The fraction of sp³-hybridized carbons (Fsp3) is 0.636. The summed E-state index contributed by atoms with van der Waals surface area (Å²) < 4.78 is 0. The van der Waals surface area contributed by atoms with Crippen LogP contribution in [0.5, 0.6) is 0 Å². The first-order chi connectivity index (χ1) is 12.6. The average Bonchev–Trinajstić information content (AvgIpc) is 3.03. The number of hydrogen-bond donors (Lipinski definition) is 0. The standard InChI is InChI=1S/C22H30N2O2/c1-16-6-8-17(9-7-16)13-24-15-20(12-21(24)25)22(26)23-11-10-18-4-2-3-5-19(18)14-23/h6-9,18-20H,2-5,10-15H2,1H3. The largest absolute Gasteiger partial charge is 0.342 e. The Morgan fingerprint density at radius 3 is 2.54 bits per heavy atom. The molecule has 4 heteroatoms. The van der Waals surface area contributed by atoms with Crippen LogP contribution in [-0.4, -0.2) is 41.2 Å². The SMILES string of the molecule is Cc1ccc(CN2CC(C(=O)N3CCC4CCCCC4C3)CC2=O)cc1. The summed E-state index contributed by atoms with van der Waals surface area (Å²) in [6, 6.07) is 8.30. The van der Waals surface area contributed by atoms with Crippen LogP contribution in [0.15, 0.2) is 24.3 Å². The lowest BCUT2D eigenvalue weighted by molar-refractivity contribution is -0.138. The Hall–Kier alpha value is -1.84. The average molecular weight is 354 g/mol. The van der Waals surface area contributed by atoms with Gasteiger partial charge < -0.3 is 9.80 Å². The first-order valence-corrected chi connectivity index (χ1v) is 10.2. The molecule has 3 fully saturated rings. The van der Waals surface area contributed by atoms with E-state index in [4.69, 9.17) is 0 Å². The minimum absolute atomic E-state index is 0.122. The number of amides is 2. The Morgan fingerprint density at radius 1 is 1.04 bits per heavy atom. The van der Waals surface area contributed by atoms with Gasteiger partial charge in [-0.05, 0) is 37.2 Å². The van der Waals surface area contributed by atoms with Gasteiger partial charge in [0.2, 0.25) is 11.8 Å². The van der Waals surface area contributed by atoms with E-state index in [1.54, 1.807) is 0 Å². The minimum Gasteiger partial charge on any atom is -0.342 e. The van der Waals surface area contributed by atoms with E-state index in [0.717, 1.165) is 31.0 Å². The van der Waals surface area contributed by atoms with Gasteiger partial charge in [-0.3, -0.25) is 9.59 Å². The van der Waals surface area contributed by atoms with E-state index in [0.29, 0.717) is 25.4 Å². The Labute approximate surface area is 156 Å². The van der Waals surface area contributed by atoms with Crippen LogP contribution >= 0.6 is 0 Å². The Balaban J connectivity index is 1.35. The van der Waals surface area contributed by atoms with Crippen molar-refractivity contribution in [2.75, 3.05) is 19.6 Å². The van der Waals surface area contributed by atoms with Crippen molar-refractivity contribution in [3.8, 4) is 0 Å². The summed E-state index contributed by atoms with van der Waals surface area (Å²) in [5, 5.41) is 0. The van der Waals surface area contributed by atoms with Gasteiger partial charge in [-0.2, -0.15) is 0 Å². The zero-order valence-corrected chi connectivity index (χ0v) is 15.8. The van der Waals surface area contributed by atoms with E-state index in [1.165, 1.54) is 31.2 Å². The lowest BCUT2D eigenvalue weighted by atomic mass is 9.75. The number of piperidine rings is 1. The second-order valence-corrected chi connectivity index (χ2v) is 8.54. The molecule has 1 saturated carbocycles. The molecule has 0 N–H and O–H groups in total. The highest BCUT2D eigenvalue weighted by atomic mass is 16.2. The minimum atomic E-state index is -0.145. The van der Waals surface area contributed by atoms with Crippen LogP contribution in [0.3, 0.4) is 0 Å². The predicted octanol–water partition coefficient (Wildman–Crippen LogP) is 3.38. The lowest BCUT2D eigenvalue weighted by Gasteiger charge is -2.42. The number of nitrogens with zero attached hydrogens (tertiary/aromatic N) is 2. The highest BCUT2D eigenvalue weighted by molar-refractivity contribution is 5.89. The van der Waals surface area contributed by atoms with Gasteiger partial charge in [-0.1, -0.05) is 49.1 Å². The molecule has 0 radical (unpaired) electrons. The molecule has 0 bridgehead atoms. The summed E-state index contributed by atoms with van der Waals surface area (Å²) in [5.41, 5.74) is 2.36. The molecule has 4 rings (SSSR count). The number of hydrogen-bond acceptors (Lipinski definition) is 2. The van der Waals surface area contributed by atoms with Crippen molar-refractivity contribution < 1.29 is 9.59 Å². The van der Waals surface area contributed by atoms with Crippen molar-refractivity contribution in [2.24, 2.45) is 17.8 Å². The monoisotopic (exact) mass is 354 g/mol. The number of rotatable bonds is 3. The number of aryl methyl sites for hydroxylation is 1. The maximum Gasteiger partial charge on any atom is 0.228 e. The van der Waals surface area contributed by atoms with Gasteiger partial charge in [0.05, 0.1) is 5.92 Å². The van der Waals surface area contributed by atoms with Gasteiger partial charge in [0.15, 0.2) is 0 Å². The van der Waals surface area contributed by atoms with Crippen molar-refractivity contribution in [3.05, 3.63) is 35.4 Å². The highest BCUT2D eigenvalue weighted by Crippen LogP contribution is 2.37. The first-order valence-electron chi connectivity index (χ1n) is 10.2. The number of benzene rings is 1. The van der Waals surface area contributed by atoms with Crippen molar-refractivity contribution in [2.45, 2.75) is 52.0 Å². The number of likely N-dealkylation sites (tertiary alicyclic amines) is 2. The molecule has 2 heterocycles. The fourth-order valence-electron chi connectivity index (χ4n) is 5.06. The summed E-state index contributed by atoms with van der Waals surface area (Å²) in [6.45, 7) is 5.08. The maximum absolute atomic E-state index is 13.0. The molecule has 3 atom stereocenters. The molecular formula is C22H30N2O2. The molecule has 2 aliphatic heterocycles. The van der Waals surface area contributed by atoms with Crippen molar-refractivity contribution >= 4 is 11.8 Å². The second-order valence-electron chi connectivity index (χ2n) is 8.54. The van der Waals surface area contributed by atoms with Crippen LogP contribution < -0.4 is 0 Å². The fourth-order valence-corrected chi connectivity index (χ4v) is 5.06. The lowest BCUT2D eigenvalue weighted by Crippen LogP contribution is -2.47. The third-order valence-electron chi connectivity index (χ3n) is 6.66. The van der Waals surface area contributed by atoms with Gasteiger partial charge in [-0.15, -0.1) is 0 Å². The van der Waals surface area contributed by atoms with Crippen molar-refractivity contribution in [1.82, 2.24) is 9.80 Å². The van der Waals surface area contributed by atoms with Crippen molar-refractivity contribution in [1.29, 1.82) is 0 Å². The molecule has 140 valence electrons. The zero-order valence-electron chi connectivity index (χ0n) is 15.8. The van der Waals surface area contributed by atoms with Gasteiger partial charge in [0, 0.05) is 32.6 Å². The first kappa shape index (κ1) is 17.6. The van der Waals surface area contributed by atoms with Crippen LogP contribution in [0, 0.1) is 24.7 Å². The van der Waals surface area contributed by atoms with Crippen molar-refractivity contribution in [3.63, 3.8) is 0 Å². The van der Waals surface area contributed by atoms with E-state index < -0.39 is 0 Å². The van der Waals surface area contributed by atoms with E-state index >= 15 is 0 Å². The van der Waals surface area contributed by atoms with Gasteiger partial charge in [0.25, 0.3) is 0 Å². The Morgan fingerprint density at radius 2 is 1.77 bits per heavy atom.